The summed E-state index contributed by atoms with van der Waals surface area (Å²) >= 11 is 6.23. The van der Waals surface area contributed by atoms with Gasteiger partial charge in [-0.1, -0.05) is 24.6 Å². The highest BCUT2D eigenvalue weighted by atomic mass is 35.5. The number of benzene rings is 1. The molecule has 4 nitrogen and oxygen atoms in total. The first-order valence-electron chi connectivity index (χ1n) is 6.60. The normalized spacial score (nSPS) is 10.6. The van der Waals surface area contributed by atoms with Crippen LogP contribution in [0, 0.1) is 0 Å². The first-order valence-corrected chi connectivity index (χ1v) is 6.98. The third-order valence-electron chi connectivity index (χ3n) is 2.92. The Bertz CT molecular complexity index is 575. The summed E-state index contributed by atoms with van der Waals surface area (Å²) in [5.41, 5.74) is 2.72. The SMILES string of the molecule is CCCNCc1cc(-c2nccnc2OC)ccc1Cl. The fourth-order valence-electron chi connectivity index (χ4n) is 1.93. The van der Waals surface area contributed by atoms with Gasteiger partial charge in [0.2, 0.25) is 5.88 Å². The minimum atomic E-state index is 0.516. The number of methoxy groups -OCH3 is 1. The topological polar surface area (TPSA) is 47.0 Å². The van der Waals surface area contributed by atoms with Crippen LogP contribution in [0.3, 0.4) is 0 Å². The maximum absolute atomic E-state index is 6.23. The van der Waals surface area contributed by atoms with Gasteiger partial charge in [0.15, 0.2) is 0 Å². The number of nitrogens with one attached hydrogen (secondary N) is 1. The first-order chi connectivity index (χ1) is 9.76. The summed E-state index contributed by atoms with van der Waals surface area (Å²) in [6, 6.07) is 5.84. The summed E-state index contributed by atoms with van der Waals surface area (Å²) in [6.45, 7) is 3.84. The second-order valence-corrected chi connectivity index (χ2v) is 4.80. The molecule has 1 heterocycles. The number of rotatable bonds is 6. The van der Waals surface area contributed by atoms with Gasteiger partial charge in [0.25, 0.3) is 0 Å². The molecule has 0 saturated heterocycles. The summed E-state index contributed by atoms with van der Waals surface area (Å²) in [5, 5.41) is 4.10. The fraction of sp³-hybridized carbons (Fsp3) is 0.333. The van der Waals surface area contributed by atoms with E-state index in [1.54, 1.807) is 19.5 Å². The van der Waals surface area contributed by atoms with E-state index in [-0.39, 0.29) is 0 Å². The van der Waals surface area contributed by atoms with Gasteiger partial charge in [0.1, 0.15) is 5.69 Å². The Morgan fingerprint density at radius 1 is 1.25 bits per heavy atom. The Balaban J connectivity index is 2.30. The maximum Gasteiger partial charge on any atom is 0.240 e. The van der Waals surface area contributed by atoms with Gasteiger partial charge in [0.05, 0.1) is 7.11 Å². The highest BCUT2D eigenvalue weighted by Crippen LogP contribution is 2.28. The fourth-order valence-corrected chi connectivity index (χ4v) is 2.11. The van der Waals surface area contributed by atoms with Gasteiger partial charge < -0.3 is 10.1 Å². The van der Waals surface area contributed by atoms with Crippen LogP contribution in [-0.4, -0.2) is 23.6 Å². The van der Waals surface area contributed by atoms with E-state index >= 15 is 0 Å². The molecule has 5 heteroatoms. The van der Waals surface area contributed by atoms with Gasteiger partial charge in [-0.3, -0.25) is 0 Å². The number of aromatic nitrogens is 2. The van der Waals surface area contributed by atoms with E-state index in [2.05, 4.69) is 22.2 Å². The average molecular weight is 292 g/mol. The van der Waals surface area contributed by atoms with Gasteiger partial charge >= 0.3 is 0 Å². The molecular weight excluding hydrogens is 274 g/mol. The molecule has 0 atom stereocenters. The average Bonchev–Trinajstić information content (AvgIpc) is 2.49. The molecule has 0 bridgehead atoms. The van der Waals surface area contributed by atoms with E-state index in [1.807, 2.05) is 18.2 Å². The Morgan fingerprint density at radius 2 is 2.05 bits per heavy atom. The van der Waals surface area contributed by atoms with Crippen LogP contribution in [0.2, 0.25) is 5.02 Å². The maximum atomic E-state index is 6.23. The molecule has 0 spiro atoms. The third kappa shape index (κ3) is 3.46. The smallest absolute Gasteiger partial charge is 0.240 e. The van der Waals surface area contributed by atoms with Crippen LogP contribution in [-0.2, 0) is 6.54 Å². The van der Waals surface area contributed by atoms with Crippen molar-refractivity contribution in [2.75, 3.05) is 13.7 Å². The summed E-state index contributed by atoms with van der Waals surface area (Å²) in [7, 11) is 1.59. The monoisotopic (exact) mass is 291 g/mol. The Kier molecular flexibility index (Phi) is 5.32. The molecule has 0 aliphatic heterocycles. The Labute approximate surface area is 124 Å². The second kappa shape index (κ2) is 7.22. The lowest BCUT2D eigenvalue weighted by Crippen LogP contribution is -2.14. The van der Waals surface area contributed by atoms with Crippen LogP contribution in [0.5, 0.6) is 5.88 Å². The molecule has 2 aromatic rings. The lowest BCUT2D eigenvalue weighted by molar-refractivity contribution is 0.398. The lowest BCUT2D eigenvalue weighted by Gasteiger charge is -2.10. The van der Waals surface area contributed by atoms with Crippen molar-refractivity contribution in [3.8, 4) is 17.1 Å². The zero-order valence-electron chi connectivity index (χ0n) is 11.7. The van der Waals surface area contributed by atoms with Gasteiger partial charge in [-0.2, -0.15) is 0 Å². The quantitative estimate of drug-likeness (QED) is 0.830. The van der Waals surface area contributed by atoms with Crippen molar-refractivity contribution in [2.45, 2.75) is 19.9 Å². The zero-order chi connectivity index (χ0) is 14.4. The van der Waals surface area contributed by atoms with Crippen LogP contribution < -0.4 is 10.1 Å². The van der Waals surface area contributed by atoms with Crippen molar-refractivity contribution in [1.29, 1.82) is 0 Å². The first kappa shape index (κ1) is 14.8. The van der Waals surface area contributed by atoms with Gasteiger partial charge in [-0.25, -0.2) is 9.97 Å². The second-order valence-electron chi connectivity index (χ2n) is 4.40. The van der Waals surface area contributed by atoms with Crippen LogP contribution in [0.4, 0.5) is 0 Å². The van der Waals surface area contributed by atoms with Gasteiger partial charge in [-0.05, 0) is 30.7 Å². The number of ether oxygens (including phenoxy) is 1. The highest BCUT2D eigenvalue weighted by Gasteiger charge is 2.10. The predicted molar refractivity (Wildman–Crippen MR) is 81.0 cm³/mol. The molecule has 0 aliphatic carbocycles. The zero-order valence-corrected chi connectivity index (χ0v) is 12.4. The summed E-state index contributed by atoms with van der Waals surface area (Å²) < 4.78 is 5.25. The number of hydrogen-bond acceptors (Lipinski definition) is 4. The van der Waals surface area contributed by atoms with Crippen molar-refractivity contribution in [3.05, 3.63) is 41.2 Å². The van der Waals surface area contributed by atoms with Crippen molar-refractivity contribution >= 4 is 11.6 Å². The highest BCUT2D eigenvalue weighted by molar-refractivity contribution is 6.31. The lowest BCUT2D eigenvalue weighted by atomic mass is 10.1. The standard InChI is InChI=1S/C15H18ClN3O/c1-3-6-17-10-12-9-11(4-5-13(12)16)14-15(20-2)19-8-7-18-14/h4-5,7-9,17H,3,6,10H2,1-2H3. The molecule has 106 valence electrons. The van der Waals surface area contributed by atoms with Crippen molar-refractivity contribution in [3.63, 3.8) is 0 Å². The summed E-state index contributed by atoms with van der Waals surface area (Å²) in [4.78, 5) is 8.50. The largest absolute Gasteiger partial charge is 0.479 e. The van der Waals surface area contributed by atoms with Crippen molar-refractivity contribution in [1.82, 2.24) is 15.3 Å². The molecule has 1 aromatic heterocycles. The van der Waals surface area contributed by atoms with Crippen molar-refractivity contribution in [2.24, 2.45) is 0 Å². The molecule has 20 heavy (non-hydrogen) atoms. The van der Waals surface area contributed by atoms with E-state index in [1.165, 1.54) is 0 Å². The molecule has 0 unspecified atom stereocenters. The minimum absolute atomic E-state index is 0.516. The van der Waals surface area contributed by atoms with Crippen molar-refractivity contribution < 1.29 is 4.74 Å². The van der Waals surface area contributed by atoms with E-state index in [0.717, 1.165) is 41.4 Å². The van der Waals surface area contributed by atoms with E-state index in [4.69, 9.17) is 16.3 Å². The predicted octanol–water partition coefficient (Wildman–Crippen LogP) is 3.31. The molecule has 2 rings (SSSR count). The minimum Gasteiger partial charge on any atom is -0.479 e. The van der Waals surface area contributed by atoms with E-state index in [0.29, 0.717) is 5.88 Å². The van der Waals surface area contributed by atoms with E-state index in [9.17, 15) is 0 Å². The summed E-state index contributed by atoms with van der Waals surface area (Å²) in [5.74, 6) is 0.516. The van der Waals surface area contributed by atoms with E-state index < -0.39 is 0 Å². The Hall–Kier alpha value is -1.65. The molecule has 1 aromatic carbocycles. The number of hydrogen-bond donors (Lipinski definition) is 1. The molecule has 0 radical (unpaired) electrons. The van der Waals surface area contributed by atoms with Crippen LogP contribution >= 0.6 is 11.6 Å². The van der Waals surface area contributed by atoms with Crippen LogP contribution in [0.1, 0.15) is 18.9 Å². The summed E-state index contributed by atoms with van der Waals surface area (Å²) in [6.07, 6.45) is 4.36. The molecule has 0 saturated carbocycles. The Morgan fingerprint density at radius 3 is 2.80 bits per heavy atom. The molecular formula is C15H18ClN3O. The number of halogens is 1. The molecule has 0 amide bonds. The third-order valence-corrected chi connectivity index (χ3v) is 3.29. The molecule has 1 N–H and O–H groups in total. The van der Waals surface area contributed by atoms with Gasteiger partial charge in [0, 0.05) is 29.5 Å². The molecule has 0 fully saturated rings. The van der Waals surface area contributed by atoms with Gasteiger partial charge in [-0.15, -0.1) is 0 Å². The van der Waals surface area contributed by atoms with Crippen LogP contribution in [0.25, 0.3) is 11.3 Å². The van der Waals surface area contributed by atoms with Crippen LogP contribution in [0.15, 0.2) is 30.6 Å². The number of nitrogens with zero attached hydrogens (tertiary/aromatic N) is 2. The molecule has 0 aliphatic rings.